The van der Waals surface area contributed by atoms with Crippen LogP contribution in [0, 0.1) is 0 Å². The number of benzene rings is 1. The summed E-state index contributed by atoms with van der Waals surface area (Å²) < 4.78 is 1.03. The highest BCUT2D eigenvalue weighted by Crippen LogP contribution is 2.19. The van der Waals surface area contributed by atoms with Crippen molar-refractivity contribution in [2.24, 2.45) is 0 Å². The van der Waals surface area contributed by atoms with Crippen LogP contribution in [-0.2, 0) is 0 Å². The lowest BCUT2D eigenvalue weighted by atomic mass is 10.0. The topological polar surface area (TPSA) is 32.3 Å². The zero-order valence-corrected chi connectivity index (χ0v) is 11.0. The lowest BCUT2D eigenvalue weighted by molar-refractivity contribution is 0.132. The molecule has 0 bridgehead atoms. The van der Waals surface area contributed by atoms with E-state index >= 15 is 0 Å². The van der Waals surface area contributed by atoms with Crippen molar-refractivity contribution in [3.8, 4) is 0 Å². The maximum absolute atomic E-state index is 10.1. The molecule has 0 heterocycles. The first-order chi connectivity index (χ1) is 7.00. The fourth-order valence-electron chi connectivity index (χ4n) is 1.57. The second-order valence-corrected chi connectivity index (χ2v) is 5.02. The number of nitrogens with one attached hydrogen (secondary N) is 1. The Hall–Kier alpha value is -0.380. The van der Waals surface area contributed by atoms with Crippen molar-refractivity contribution >= 4 is 15.9 Å². The van der Waals surface area contributed by atoms with E-state index in [2.05, 4.69) is 35.1 Å². The number of rotatable bonds is 4. The molecule has 0 amide bonds. The second-order valence-electron chi connectivity index (χ2n) is 4.11. The first kappa shape index (κ1) is 12.7. The zero-order chi connectivity index (χ0) is 11.4. The summed E-state index contributed by atoms with van der Waals surface area (Å²) in [5.41, 5.74) is 0.943. The van der Waals surface area contributed by atoms with Gasteiger partial charge in [0.05, 0.1) is 6.10 Å². The summed E-state index contributed by atoms with van der Waals surface area (Å²) >= 11 is 3.37. The van der Waals surface area contributed by atoms with Crippen LogP contribution in [0.3, 0.4) is 0 Å². The van der Waals surface area contributed by atoms with E-state index < -0.39 is 6.10 Å². The lowest BCUT2D eigenvalue weighted by Crippen LogP contribution is -2.36. The van der Waals surface area contributed by atoms with Gasteiger partial charge in [-0.3, -0.25) is 0 Å². The number of aliphatic hydroxyl groups excluding tert-OH is 1. The number of hydrogen-bond acceptors (Lipinski definition) is 2. The molecule has 1 aromatic rings. The Morgan fingerprint density at radius 3 is 2.13 bits per heavy atom. The Balaban J connectivity index is 2.67. The summed E-state index contributed by atoms with van der Waals surface area (Å²) in [6, 6.07) is 8.21. The van der Waals surface area contributed by atoms with Crippen molar-refractivity contribution in [3.63, 3.8) is 0 Å². The lowest BCUT2D eigenvalue weighted by Gasteiger charge is -2.22. The van der Waals surface area contributed by atoms with Gasteiger partial charge in [-0.25, -0.2) is 0 Å². The summed E-state index contributed by atoms with van der Waals surface area (Å²) in [5.74, 6) is 0. The standard InChI is InChI=1S/C12H18BrNO/c1-8(2)14-9(3)12(15)10-4-6-11(13)7-5-10/h4-9,12,14-15H,1-3H3/t9-,12+/m1/s1. The van der Waals surface area contributed by atoms with Crippen LogP contribution in [0.1, 0.15) is 32.4 Å². The number of halogens is 1. The third kappa shape index (κ3) is 3.93. The van der Waals surface area contributed by atoms with Crippen LogP contribution in [0.5, 0.6) is 0 Å². The Labute approximate surface area is 99.8 Å². The minimum atomic E-state index is -0.458. The Kier molecular flexibility index (Phi) is 4.77. The quantitative estimate of drug-likeness (QED) is 0.883. The normalized spacial score (nSPS) is 15.3. The van der Waals surface area contributed by atoms with E-state index in [1.807, 2.05) is 31.2 Å². The Bertz CT molecular complexity index is 297. The molecular formula is C12H18BrNO. The maximum Gasteiger partial charge on any atom is 0.0940 e. The molecule has 2 N–H and O–H groups in total. The van der Waals surface area contributed by atoms with E-state index in [0.29, 0.717) is 6.04 Å². The summed E-state index contributed by atoms with van der Waals surface area (Å²) in [6.45, 7) is 6.14. The fourth-order valence-corrected chi connectivity index (χ4v) is 1.83. The molecule has 2 nitrogen and oxygen atoms in total. The van der Waals surface area contributed by atoms with Gasteiger partial charge in [0.2, 0.25) is 0 Å². The van der Waals surface area contributed by atoms with Crippen LogP contribution in [-0.4, -0.2) is 17.2 Å². The van der Waals surface area contributed by atoms with Crippen LogP contribution in [0.15, 0.2) is 28.7 Å². The molecule has 1 rings (SSSR count). The fraction of sp³-hybridized carbons (Fsp3) is 0.500. The SMILES string of the molecule is CC(C)N[C@H](C)[C@H](O)c1ccc(Br)cc1. The van der Waals surface area contributed by atoms with Crippen LogP contribution in [0.2, 0.25) is 0 Å². The molecule has 84 valence electrons. The number of aliphatic hydroxyl groups is 1. The van der Waals surface area contributed by atoms with Crippen molar-refractivity contribution in [2.75, 3.05) is 0 Å². The average molecular weight is 272 g/mol. The predicted molar refractivity (Wildman–Crippen MR) is 66.8 cm³/mol. The first-order valence-corrected chi connectivity index (χ1v) is 5.99. The van der Waals surface area contributed by atoms with Crippen molar-refractivity contribution in [2.45, 2.75) is 39.0 Å². The maximum atomic E-state index is 10.1. The largest absolute Gasteiger partial charge is 0.387 e. The Morgan fingerprint density at radius 2 is 1.67 bits per heavy atom. The minimum Gasteiger partial charge on any atom is -0.387 e. The molecule has 0 radical (unpaired) electrons. The molecule has 0 aliphatic heterocycles. The summed E-state index contributed by atoms with van der Waals surface area (Å²) in [6.07, 6.45) is -0.458. The first-order valence-electron chi connectivity index (χ1n) is 5.20. The highest BCUT2D eigenvalue weighted by Gasteiger charge is 2.16. The van der Waals surface area contributed by atoms with Crippen LogP contribution in [0.25, 0.3) is 0 Å². The van der Waals surface area contributed by atoms with Gasteiger partial charge in [-0.2, -0.15) is 0 Å². The van der Waals surface area contributed by atoms with Gasteiger partial charge in [0.25, 0.3) is 0 Å². The van der Waals surface area contributed by atoms with Crippen molar-refractivity contribution in [1.82, 2.24) is 5.32 Å². The van der Waals surface area contributed by atoms with E-state index in [0.717, 1.165) is 10.0 Å². The molecule has 2 atom stereocenters. The molecule has 0 aromatic heterocycles. The Morgan fingerprint density at radius 1 is 1.13 bits per heavy atom. The molecule has 3 heteroatoms. The molecule has 0 unspecified atom stereocenters. The number of hydrogen-bond donors (Lipinski definition) is 2. The van der Waals surface area contributed by atoms with Gasteiger partial charge >= 0.3 is 0 Å². The molecule has 0 fully saturated rings. The molecule has 0 aliphatic rings. The zero-order valence-electron chi connectivity index (χ0n) is 9.37. The van der Waals surface area contributed by atoms with Crippen molar-refractivity contribution < 1.29 is 5.11 Å². The van der Waals surface area contributed by atoms with E-state index in [4.69, 9.17) is 0 Å². The van der Waals surface area contributed by atoms with Gasteiger partial charge in [0, 0.05) is 16.6 Å². The predicted octanol–water partition coefficient (Wildman–Crippen LogP) is 2.87. The van der Waals surface area contributed by atoms with E-state index in [9.17, 15) is 5.11 Å². The third-order valence-corrected chi connectivity index (χ3v) is 2.81. The van der Waals surface area contributed by atoms with E-state index in [1.54, 1.807) is 0 Å². The summed E-state index contributed by atoms with van der Waals surface area (Å²) in [7, 11) is 0. The third-order valence-electron chi connectivity index (χ3n) is 2.28. The molecule has 0 saturated carbocycles. The molecule has 0 aliphatic carbocycles. The molecule has 1 aromatic carbocycles. The molecular weight excluding hydrogens is 254 g/mol. The average Bonchev–Trinajstić information content (AvgIpc) is 2.17. The summed E-state index contributed by atoms with van der Waals surface area (Å²) in [5, 5.41) is 13.3. The van der Waals surface area contributed by atoms with Gasteiger partial charge in [-0.15, -0.1) is 0 Å². The minimum absolute atomic E-state index is 0.0613. The van der Waals surface area contributed by atoms with Crippen molar-refractivity contribution in [1.29, 1.82) is 0 Å². The van der Waals surface area contributed by atoms with Gasteiger partial charge in [-0.05, 0) is 24.6 Å². The van der Waals surface area contributed by atoms with Crippen LogP contribution >= 0.6 is 15.9 Å². The highest BCUT2D eigenvalue weighted by atomic mass is 79.9. The van der Waals surface area contributed by atoms with Gasteiger partial charge in [0.15, 0.2) is 0 Å². The summed E-state index contributed by atoms with van der Waals surface area (Å²) in [4.78, 5) is 0. The van der Waals surface area contributed by atoms with Gasteiger partial charge in [-0.1, -0.05) is 41.9 Å². The van der Waals surface area contributed by atoms with E-state index in [1.165, 1.54) is 0 Å². The van der Waals surface area contributed by atoms with Gasteiger partial charge in [0.1, 0.15) is 0 Å². The van der Waals surface area contributed by atoms with Crippen LogP contribution in [0.4, 0.5) is 0 Å². The van der Waals surface area contributed by atoms with Crippen molar-refractivity contribution in [3.05, 3.63) is 34.3 Å². The van der Waals surface area contributed by atoms with E-state index in [-0.39, 0.29) is 6.04 Å². The monoisotopic (exact) mass is 271 g/mol. The molecule has 0 saturated heterocycles. The highest BCUT2D eigenvalue weighted by molar-refractivity contribution is 9.10. The smallest absolute Gasteiger partial charge is 0.0940 e. The molecule has 0 spiro atoms. The van der Waals surface area contributed by atoms with Crippen LogP contribution < -0.4 is 5.32 Å². The van der Waals surface area contributed by atoms with Gasteiger partial charge < -0.3 is 10.4 Å². The second kappa shape index (κ2) is 5.64. The molecule has 15 heavy (non-hydrogen) atoms.